The molecule has 1 aromatic carbocycles. The molecule has 5 nitrogen and oxygen atoms in total. The van der Waals surface area contributed by atoms with Gasteiger partial charge in [0, 0.05) is 11.4 Å². The second-order valence-corrected chi connectivity index (χ2v) is 6.01. The molecule has 4 N–H and O–H groups in total. The van der Waals surface area contributed by atoms with Crippen LogP contribution in [0.5, 0.6) is 0 Å². The third kappa shape index (κ3) is 3.12. The summed E-state index contributed by atoms with van der Waals surface area (Å²) in [5.41, 5.74) is 3.82. The summed E-state index contributed by atoms with van der Waals surface area (Å²) in [6, 6.07) is 12.5. The molecule has 2 aromatic heterocycles. The van der Waals surface area contributed by atoms with Crippen molar-refractivity contribution in [1.29, 1.82) is 0 Å². The Hall–Kier alpha value is -2.18. The molecule has 3 rings (SSSR count). The van der Waals surface area contributed by atoms with Crippen LogP contribution in [0.1, 0.15) is 10.4 Å². The smallest absolute Gasteiger partial charge is 0.240 e. The molecular weight excluding hydrogens is 282 g/mol. The zero-order valence-electron chi connectivity index (χ0n) is 11.8. The Bertz CT molecular complexity index is 738. The molecule has 0 saturated heterocycles. The van der Waals surface area contributed by atoms with Crippen LogP contribution in [0.3, 0.4) is 0 Å². The highest BCUT2D eigenvalue weighted by Crippen LogP contribution is 2.29. The number of nitrogen functional groups attached to an aromatic ring is 1. The fraction of sp³-hybridized carbons (Fsp3) is 0.200. The average molecular weight is 299 g/mol. The van der Waals surface area contributed by atoms with E-state index < -0.39 is 0 Å². The maximum absolute atomic E-state index is 5.44. The number of aromatic nitrogens is 2. The summed E-state index contributed by atoms with van der Waals surface area (Å²) in [4.78, 5) is 10.9. The topological polar surface area (TPSA) is 75.9 Å². The Morgan fingerprint density at radius 2 is 2.00 bits per heavy atom. The highest BCUT2D eigenvalue weighted by Gasteiger charge is 2.09. The van der Waals surface area contributed by atoms with Crippen LogP contribution in [0, 0.1) is 6.92 Å². The number of nitrogens with two attached hydrogens (primary N) is 1. The molecule has 0 unspecified atom stereocenters. The third-order valence-corrected chi connectivity index (χ3v) is 4.14. The van der Waals surface area contributed by atoms with Crippen molar-refractivity contribution in [2.45, 2.75) is 13.3 Å². The third-order valence-electron chi connectivity index (χ3n) is 3.19. The zero-order chi connectivity index (χ0) is 14.7. The lowest BCUT2D eigenvalue weighted by atomic mass is 10.1. The van der Waals surface area contributed by atoms with E-state index in [2.05, 4.69) is 58.0 Å². The molecule has 0 atom stereocenters. The van der Waals surface area contributed by atoms with Gasteiger partial charge in [-0.3, -0.25) is 5.43 Å². The van der Waals surface area contributed by atoms with E-state index >= 15 is 0 Å². The number of hydrogen-bond acceptors (Lipinski definition) is 6. The zero-order valence-corrected chi connectivity index (χ0v) is 12.6. The van der Waals surface area contributed by atoms with Gasteiger partial charge in [0.15, 0.2) is 0 Å². The predicted octanol–water partition coefficient (Wildman–Crippen LogP) is 2.94. The Morgan fingerprint density at radius 3 is 2.76 bits per heavy atom. The summed E-state index contributed by atoms with van der Waals surface area (Å²) in [7, 11) is 0. The molecule has 108 valence electrons. The van der Waals surface area contributed by atoms with Crippen molar-refractivity contribution in [2.75, 3.05) is 17.3 Å². The molecule has 0 fully saturated rings. The van der Waals surface area contributed by atoms with Crippen LogP contribution >= 0.6 is 11.3 Å². The van der Waals surface area contributed by atoms with E-state index in [1.807, 2.05) is 6.07 Å². The van der Waals surface area contributed by atoms with Gasteiger partial charge in [-0.05, 0) is 25.0 Å². The average Bonchev–Trinajstić information content (AvgIpc) is 2.88. The van der Waals surface area contributed by atoms with E-state index in [-0.39, 0.29) is 0 Å². The SMILES string of the molecule is Cc1cc2c(NCCc3ccccc3)nc(NN)nc2s1. The van der Waals surface area contributed by atoms with Crippen LogP contribution in [0.15, 0.2) is 36.4 Å². The molecule has 21 heavy (non-hydrogen) atoms. The van der Waals surface area contributed by atoms with Crippen LogP contribution in [0.4, 0.5) is 11.8 Å². The molecule has 0 aliphatic carbocycles. The van der Waals surface area contributed by atoms with Gasteiger partial charge in [0.1, 0.15) is 10.6 Å². The molecule has 3 aromatic rings. The first kappa shape index (κ1) is 13.8. The predicted molar refractivity (Wildman–Crippen MR) is 88.6 cm³/mol. The number of thiophene rings is 1. The van der Waals surface area contributed by atoms with E-state index in [0.29, 0.717) is 5.95 Å². The largest absolute Gasteiger partial charge is 0.369 e. The standard InChI is InChI=1S/C15H17N5S/c1-10-9-12-13(18-15(20-16)19-14(12)21-10)17-8-7-11-5-3-2-4-6-11/h2-6,9H,7-8,16H2,1H3,(H2,17,18,19,20). The fourth-order valence-electron chi connectivity index (χ4n) is 2.21. The molecule has 0 saturated carbocycles. The summed E-state index contributed by atoms with van der Waals surface area (Å²) in [6.45, 7) is 2.88. The number of nitrogens with zero attached hydrogens (tertiary/aromatic N) is 2. The first-order valence-electron chi connectivity index (χ1n) is 6.79. The van der Waals surface area contributed by atoms with Crippen LogP contribution in [-0.2, 0) is 6.42 Å². The van der Waals surface area contributed by atoms with Gasteiger partial charge in [-0.25, -0.2) is 10.8 Å². The normalized spacial score (nSPS) is 10.8. The van der Waals surface area contributed by atoms with Crippen molar-refractivity contribution in [2.24, 2.45) is 5.84 Å². The molecule has 0 amide bonds. The molecule has 0 bridgehead atoms. The minimum Gasteiger partial charge on any atom is -0.369 e. The minimum atomic E-state index is 0.437. The van der Waals surface area contributed by atoms with Gasteiger partial charge in [0.25, 0.3) is 0 Å². The van der Waals surface area contributed by atoms with Crippen molar-refractivity contribution in [1.82, 2.24) is 9.97 Å². The lowest BCUT2D eigenvalue weighted by Gasteiger charge is -2.08. The summed E-state index contributed by atoms with van der Waals surface area (Å²) in [5, 5.41) is 4.43. The van der Waals surface area contributed by atoms with Crippen molar-refractivity contribution in [3.05, 3.63) is 46.8 Å². The summed E-state index contributed by atoms with van der Waals surface area (Å²) in [5.74, 6) is 6.70. The van der Waals surface area contributed by atoms with Gasteiger partial charge in [-0.2, -0.15) is 4.98 Å². The first-order chi connectivity index (χ1) is 10.3. The molecule has 6 heteroatoms. The monoisotopic (exact) mass is 299 g/mol. The molecule has 0 aliphatic heterocycles. The number of anilines is 2. The Kier molecular flexibility index (Phi) is 3.98. The van der Waals surface area contributed by atoms with Crippen molar-refractivity contribution < 1.29 is 0 Å². The molecule has 0 spiro atoms. The Morgan fingerprint density at radius 1 is 1.19 bits per heavy atom. The van der Waals surface area contributed by atoms with Gasteiger partial charge in [0.05, 0.1) is 5.39 Å². The summed E-state index contributed by atoms with van der Waals surface area (Å²) >= 11 is 1.64. The van der Waals surface area contributed by atoms with Crippen LogP contribution in [0.2, 0.25) is 0 Å². The number of fused-ring (bicyclic) bond motifs is 1. The minimum absolute atomic E-state index is 0.437. The van der Waals surface area contributed by atoms with Crippen LogP contribution < -0.4 is 16.6 Å². The van der Waals surface area contributed by atoms with Gasteiger partial charge in [0.2, 0.25) is 5.95 Å². The number of hydrogen-bond donors (Lipinski definition) is 3. The van der Waals surface area contributed by atoms with Gasteiger partial charge >= 0.3 is 0 Å². The molecule has 0 aliphatic rings. The highest BCUT2D eigenvalue weighted by atomic mass is 32.1. The number of rotatable bonds is 5. The van der Waals surface area contributed by atoms with Gasteiger partial charge in [-0.15, -0.1) is 11.3 Å². The van der Waals surface area contributed by atoms with Crippen LogP contribution in [-0.4, -0.2) is 16.5 Å². The summed E-state index contributed by atoms with van der Waals surface area (Å²) < 4.78 is 0. The number of benzene rings is 1. The van der Waals surface area contributed by atoms with E-state index in [9.17, 15) is 0 Å². The van der Waals surface area contributed by atoms with E-state index in [1.54, 1.807) is 11.3 Å². The Balaban J connectivity index is 1.79. The van der Waals surface area contributed by atoms with Crippen molar-refractivity contribution >= 4 is 33.3 Å². The van der Waals surface area contributed by atoms with Crippen molar-refractivity contribution in [3.63, 3.8) is 0 Å². The second-order valence-electron chi connectivity index (χ2n) is 4.78. The van der Waals surface area contributed by atoms with Gasteiger partial charge < -0.3 is 5.32 Å². The molecule has 0 radical (unpaired) electrons. The number of hydrazine groups is 1. The summed E-state index contributed by atoms with van der Waals surface area (Å²) in [6.07, 6.45) is 0.945. The maximum atomic E-state index is 5.44. The molecular formula is C15H17N5S. The molecule has 2 heterocycles. The number of nitrogens with one attached hydrogen (secondary N) is 2. The van der Waals surface area contributed by atoms with Crippen LogP contribution in [0.25, 0.3) is 10.2 Å². The van der Waals surface area contributed by atoms with E-state index in [4.69, 9.17) is 5.84 Å². The lowest BCUT2D eigenvalue weighted by Crippen LogP contribution is -2.13. The van der Waals surface area contributed by atoms with E-state index in [0.717, 1.165) is 29.0 Å². The Labute approximate surface area is 127 Å². The van der Waals surface area contributed by atoms with Crippen molar-refractivity contribution in [3.8, 4) is 0 Å². The first-order valence-corrected chi connectivity index (χ1v) is 7.60. The van der Waals surface area contributed by atoms with E-state index in [1.165, 1.54) is 10.4 Å². The highest BCUT2D eigenvalue weighted by molar-refractivity contribution is 7.18. The van der Waals surface area contributed by atoms with Gasteiger partial charge in [-0.1, -0.05) is 30.3 Å². The fourth-order valence-corrected chi connectivity index (χ4v) is 3.09. The number of aryl methyl sites for hydroxylation is 1. The quantitative estimate of drug-likeness (QED) is 0.499. The maximum Gasteiger partial charge on any atom is 0.240 e. The lowest BCUT2D eigenvalue weighted by molar-refractivity contribution is 1.01. The second kappa shape index (κ2) is 6.07.